The lowest BCUT2D eigenvalue weighted by Crippen LogP contribution is -2.51. The summed E-state index contributed by atoms with van der Waals surface area (Å²) in [5, 5.41) is 3.17. The summed E-state index contributed by atoms with van der Waals surface area (Å²) in [4.78, 5) is 27.2. The molecule has 1 N–H and O–H groups in total. The molecule has 1 saturated carbocycles. The highest BCUT2D eigenvalue weighted by molar-refractivity contribution is 6.01. The number of fused-ring (bicyclic) bond motifs is 1. The van der Waals surface area contributed by atoms with Gasteiger partial charge in [-0.2, -0.15) is 0 Å². The van der Waals surface area contributed by atoms with Crippen LogP contribution in [0.5, 0.6) is 0 Å². The number of anilines is 1. The molecule has 1 unspecified atom stereocenters. The Morgan fingerprint density at radius 3 is 2.70 bits per heavy atom. The number of hydrogen-bond acceptors (Lipinski definition) is 2. The molecular weight excluding hydrogens is 288 g/mol. The molecule has 0 spiro atoms. The second kappa shape index (κ2) is 7.16. The average molecular weight is 314 g/mol. The zero-order valence-corrected chi connectivity index (χ0v) is 13.9. The van der Waals surface area contributed by atoms with E-state index in [1.807, 2.05) is 25.1 Å². The molecule has 2 amide bonds. The molecule has 4 nitrogen and oxygen atoms in total. The minimum atomic E-state index is -0.401. The van der Waals surface area contributed by atoms with E-state index < -0.39 is 6.04 Å². The van der Waals surface area contributed by atoms with Gasteiger partial charge in [-0.3, -0.25) is 14.5 Å². The minimum absolute atomic E-state index is 0.00412. The lowest BCUT2D eigenvalue weighted by atomic mass is 10.1. The number of para-hydroxylation sites is 1. The number of carbonyl (C=O) groups excluding carboxylic acids is 2. The second-order valence-electron chi connectivity index (χ2n) is 6.66. The highest BCUT2D eigenvalue weighted by atomic mass is 16.2. The van der Waals surface area contributed by atoms with E-state index in [4.69, 9.17) is 0 Å². The smallest absolute Gasteiger partial charge is 0.243 e. The standard InChI is InChI=1S/C19H26N2O2/c1-2-16(19(23)20-15-10-4-5-11-15)21-17-12-6-3-8-14(17)9-7-13-18(21)22/h3,6,8,12,15-16H,2,4-5,7,9-11,13H2,1H3,(H,20,23). The van der Waals surface area contributed by atoms with Gasteiger partial charge in [-0.25, -0.2) is 0 Å². The van der Waals surface area contributed by atoms with Crippen LogP contribution >= 0.6 is 0 Å². The molecule has 1 aliphatic carbocycles. The molecular formula is C19H26N2O2. The number of amides is 2. The van der Waals surface area contributed by atoms with Crippen molar-refractivity contribution in [2.45, 2.75) is 70.4 Å². The van der Waals surface area contributed by atoms with Crippen molar-refractivity contribution in [3.05, 3.63) is 29.8 Å². The van der Waals surface area contributed by atoms with Crippen LogP contribution in [0.3, 0.4) is 0 Å². The van der Waals surface area contributed by atoms with E-state index in [0.29, 0.717) is 12.8 Å². The van der Waals surface area contributed by atoms with Crippen molar-refractivity contribution in [1.82, 2.24) is 5.32 Å². The summed E-state index contributed by atoms with van der Waals surface area (Å²) in [6.07, 6.45) is 7.41. The van der Waals surface area contributed by atoms with Crippen LogP contribution in [-0.4, -0.2) is 23.9 Å². The van der Waals surface area contributed by atoms with E-state index >= 15 is 0 Å². The van der Waals surface area contributed by atoms with Crippen LogP contribution in [-0.2, 0) is 16.0 Å². The van der Waals surface area contributed by atoms with Crippen LogP contribution in [0.1, 0.15) is 57.4 Å². The minimum Gasteiger partial charge on any atom is -0.352 e. The number of nitrogens with one attached hydrogen (secondary N) is 1. The summed E-state index contributed by atoms with van der Waals surface area (Å²) >= 11 is 0. The third-order valence-corrected chi connectivity index (χ3v) is 5.06. The number of hydrogen-bond donors (Lipinski definition) is 1. The van der Waals surface area contributed by atoms with Crippen LogP contribution in [0.2, 0.25) is 0 Å². The van der Waals surface area contributed by atoms with E-state index in [1.54, 1.807) is 4.90 Å². The van der Waals surface area contributed by atoms with Gasteiger partial charge in [0.05, 0.1) is 0 Å². The van der Waals surface area contributed by atoms with E-state index in [0.717, 1.165) is 31.4 Å². The van der Waals surface area contributed by atoms with Gasteiger partial charge < -0.3 is 5.32 Å². The fraction of sp³-hybridized carbons (Fsp3) is 0.579. The molecule has 2 aliphatic rings. The first-order chi connectivity index (χ1) is 11.2. The summed E-state index contributed by atoms with van der Waals surface area (Å²) in [6.45, 7) is 1.99. The number of nitrogens with zero attached hydrogens (tertiary/aromatic N) is 1. The van der Waals surface area contributed by atoms with Crippen LogP contribution in [0.4, 0.5) is 5.69 Å². The van der Waals surface area contributed by atoms with Gasteiger partial charge in [0.2, 0.25) is 11.8 Å². The Morgan fingerprint density at radius 1 is 1.22 bits per heavy atom. The van der Waals surface area contributed by atoms with Crippen LogP contribution in [0, 0.1) is 0 Å². The van der Waals surface area contributed by atoms with Crippen molar-refractivity contribution in [2.75, 3.05) is 4.90 Å². The predicted molar refractivity (Wildman–Crippen MR) is 91.3 cm³/mol. The molecule has 1 atom stereocenters. The van der Waals surface area contributed by atoms with Gasteiger partial charge in [0, 0.05) is 18.2 Å². The third kappa shape index (κ3) is 3.41. The van der Waals surface area contributed by atoms with Crippen molar-refractivity contribution < 1.29 is 9.59 Å². The number of rotatable bonds is 4. The van der Waals surface area contributed by atoms with Crippen molar-refractivity contribution in [3.63, 3.8) is 0 Å². The summed E-state index contributed by atoms with van der Waals surface area (Å²) in [7, 11) is 0. The summed E-state index contributed by atoms with van der Waals surface area (Å²) in [6, 6.07) is 7.89. The maximum atomic E-state index is 12.8. The quantitative estimate of drug-likeness (QED) is 0.928. The summed E-state index contributed by atoms with van der Waals surface area (Å²) in [5.41, 5.74) is 2.09. The van der Waals surface area contributed by atoms with Gasteiger partial charge in [-0.1, -0.05) is 38.0 Å². The Kier molecular flexibility index (Phi) is 4.99. The largest absolute Gasteiger partial charge is 0.352 e. The van der Waals surface area contributed by atoms with Crippen molar-refractivity contribution in [2.24, 2.45) is 0 Å². The van der Waals surface area contributed by atoms with E-state index in [-0.39, 0.29) is 17.9 Å². The first kappa shape index (κ1) is 16.0. The number of carbonyl (C=O) groups is 2. The molecule has 1 aromatic rings. The van der Waals surface area contributed by atoms with Crippen molar-refractivity contribution in [1.29, 1.82) is 0 Å². The molecule has 0 saturated heterocycles. The number of aryl methyl sites for hydroxylation is 1. The van der Waals surface area contributed by atoms with Crippen LogP contribution in [0.25, 0.3) is 0 Å². The summed E-state index contributed by atoms with van der Waals surface area (Å²) < 4.78 is 0. The lowest BCUT2D eigenvalue weighted by Gasteiger charge is -2.31. The Bertz CT molecular complexity index is 578. The molecule has 0 aromatic heterocycles. The first-order valence-corrected chi connectivity index (χ1v) is 8.91. The van der Waals surface area contributed by atoms with Gasteiger partial charge in [0.1, 0.15) is 6.04 Å². The Balaban J connectivity index is 1.86. The highest BCUT2D eigenvalue weighted by Crippen LogP contribution is 2.29. The van der Waals surface area contributed by atoms with Gasteiger partial charge >= 0.3 is 0 Å². The molecule has 23 heavy (non-hydrogen) atoms. The van der Waals surface area contributed by atoms with Crippen molar-refractivity contribution >= 4 is 17.5 Å². The molecule has 1 heterocycles. The van der Waals surface area contributed by atoms with Gasteiger partial charge in [-0.15, -0.1) is 0 Å². The fourth-order valence-electron chi connectivity index (χ4n) is 3.84. The number of benzene rings is 1. The maximum Gasteiger partial charge on any atom is 0.243 e. The topological polar surface area (TPSA) is 49.4 Å². The maximum absolute atomic E-state index is 12.8. The molecule has 4 heteroatoms. The van der Waals surface area contributed by atoms with Gasteiger partial charge in [0.25, 0.3) is 0 Å². The summed E-state index contributed by atoms with van der Waals surface area (Å²) in [5.74, 6) is 0.0767. The van der Waals surface area contributed by atoms with Crippen LogP contribution in [0.15, 0.2) is 24.3 Å². The Morgan fingerprint density at radius 2 is 1.96 bits per heavy atom. The van der Waals surface area contributed by atoms with Crippen molar-refractivity contribution in [3.8, 4) is 0 Å². The monoisotopic (exact) mass is 314 g/mol. The molecule has 3 rings (SSSR count). The third-order valence-electron chi connectivity index (χ3n) is 5.06. The molecule has 124 valence electrons. The fourth-order valence-corrected chi connectivity index (χ4v) is 3.84. The van der Waals surface area contributed by atoms with E-state index in [9.17, 15) is 9.59 Å². The Labute approximate surface area is 138 Å². The average Bonchev–Trinajstić information content (AvgIpc) is 3.00. The zero-order chi connectivity index (χ0) is 16.2. The molecule has 0 bridgehead atoms. The Hall–Kier alpha value is -1.84. The molecule has 1 aromatic carbocycles. The van der Waals surface area contributed by atoms with Gasteiger partial charge in [0.15, 0.2) is 0 Å². The molecule has 1 fully saturated rings. The van der Waals surface area contributed by atoms with E-state index in [1.165, 1.54) is 18.4 Å². The van der Waals surface area contributed by atoms with Gasteiger partial charge in [-0.05, 0) is 43.7 Å². The normalized spacial score (nSPS) is 20.0. The lowest BCUT2D eigenvalue weighted by molar-refractivity contribution is -0.127. The zero-order valence-electron chi connectivity index (χ0n) is 13.9. The second-order valence-corrected chi connectivity index (χ2v) is 6.66. The SMILES string of the molecule is CCC(C(=O)NC1CCCC1)N1C(=O)CCCc2ccccc21. The molecule has 0 radical (unpaired) electrons. The van der Waals surface area contributed by atoms with E-state index in [2.05, 4.69) is 11.4 Å². The highest BCUT2D eigenvalue weighted by Gasteiger charge is 2.33. The van der Waals surface area contributed by atoms with Crippen LogP contribution < -0.4 is 10.2 Å². The molecule has 1 aliphatic heterocycles. The first-order valence-electron chi connectivity index (χ1n) is 8.91. The predicted octanol–water partition coefficient (Wildman–Crippen LogP) is 3.19.